The first-order valence-corrected chi connectivity index (χ1v) is 12.5. The van der Waals surface area contributed by atoms with Gasteiger partial charge in [0.05, 0.1) is 46.2 Å². The first kappa shape index (κ1) is 23.8. The molecule has 3 heterocycles. The quantitative estimate of drug-likeness (QED) is 0.329. The zero-order chi connectivity index (χ0) is 26.7. The maximum Gasteiger partial charge on any atom is 0.205 e. The highest BCUT2D eigenvalue weighted by molar-refractivity contribution is 5.95. The van der Waals surface area contributed by atoms with Crippen molar-refractivity contribution >= 4 is 10.8 Å². The van der Waals surface area contributed by atoms with E-state index in [-0.39, 0.29) is 23.9 Å². The summed E-state index contributed by atoms with van der Waals surface area (Å²) < 4.78 is 27.9. The van der Waals surface area contributed by atoms with Gasteiger partial charge in [-0.3, -0.25) is 4.57 Å². The number of ether oxygens (including phenoxy) is 2. The molecule has 0 amide bonds. The number of fused-ring (bicyclic) bond motifs is 6. The zero-order valence-electron chi connectivity index (χ0n) is 20.7. The lowest BCUT2D eigenvalue weighted by molar-refractivity contribution is -0.0986. The maximum absolute atomic E-state index is 14.0. The SMILES string of the molecule is CC[C@@]12CC[C@@](CCOc3ccc(C#N)c(F)c3)(O1)c1c2c(O)n(-c2ccc(C#N)c3ccccc23)c1O. The molecule has 38 heavy (non-hydrogen) atoms. The Labute approximate surface area is 218 Å². The molecule has 8 heteroatoms. The van der Waals surface area contributed by atoms with Crippen molar-refractivity contribution in [1.82, 2.24) is 4.57 Å². The average molecular weight is 510 g/mol. The smallest absolute Gasteiger partial charge is 0.205 e. The Bertz CT molecular complexity index is 1700. The van der Waals surface area contributed by atoms with Crippen LogP contribution >= 0.6 is 0 Å². The largest absolute Gasteiger partial charge is 0.494 e. The minimum atomic E-state index is -0.883. The van der Waals surface area contributed by atoms with Crippen molar-refractivity contribution in [2.45, 2.75) is 43.8 Å². The minimum Gasteiger partial charge on any atom is -0.494 e. The molecule has 0 aliphatic carbocycles. The summed E-state index contributed by atoms with van der Waals surface area (Å²) in [7, 11) is 0. The van der Waals surface area contributed by atoms with Crippen LogP contribution in [0.25, 0.3) is 16.5 Å². The summed E-state index contributed by atoms with van der Waals surface area (Å²) >= 11 is 0. The van der Waals surface area contributed by atoms with Gasteiger partial charge in [-0.15, -0.1) is 0 Å². The van der Waals surface area contributed by atoms with Crippen molar-refractivity contribution in [2.75, 3.05) is 6.61 Å². The lowest BCUT2D eigenvalue weighted by Crippen LogP contribution is -2.25. The van der Waals surface area contributed by atoms with Crippen LogP contribution in [0.1, 0.15) is 54.9 Å². The Kier molecular flexibility index (Phi) is 5.34. The van der Waals surface area contributed by atoms with Crippen molar-refractivity contribution < 1.29 is 24.1 Å². The van der Waals surface area contributed by atoms with Crippen molar-refractivity contribution in [3.8, 4) is 35.3 Å². The summed E-state index contributed by atoms with van der Waals surface area (Å²) in [5, 5.41) is 43.1. The summed E-state index contributed by atoms with van der Waals surface area (Å²) in [6.07, 6.45) is 2.28. The van der Waals surface area contributed by atoms with Crippen LogP contribution in [-0.4, -0.2) is 21.4 Å². The topological polar surface area (TPSA) is 111 Å². The van der Waals surface area contributed by atoms with Crippen molar-refractivity contribution in [1.29, 1.82) is 10.5 Å². The van der Waals surface area contributed by atoms with E-state index >= 15 is 0 Å². The van der Waals surface area contributed by atoms with Gasteiger partial charge in [-0.2, -0.15) is 10.5 Å². The normalized spacial score (nSPS) is 21.3. The van der Waals surface area contributed by atoms with Crippen LogP contribution in [0.2, 0.25) is 0 Å². The number of aromatic nitrogens is 1. The standard InChI is InChI=1S/C30H24FN3O4/c1-2-29-11-12-30(38-29,13-14-37-20-9-7-19(17-33)23(31)15-20)26-25(29)27(35)34(28(26)36)24-10-8-18(16-32)21-5-3-4-6-22(21)24/h3-10,15,35-36H,2,11-14H2,1H3/t29-,30-/m0/s1. The van der Waals surface area contributed by atoms with E-state index in [0.717, 1.165) is 10.8 Å². The lowest BCUT2D eigenvalue weighted by Gasteiger charge is -2.27. The van der Waals surface area contributed by atoms with Crippen LogP contribution in [0.15, 0.2) is 54.6 Å². The summed E-state index contributed by atoms with van der Waals surface area (Å²) in [5.74, 6) is -0.537. The third-order valence-corrected chi connectivity index (χ3v) is 8.02. The van der Waals surface area contributed by atoms with Crippen LogP contribution in [0, 0.1) is 28.5 Å². The maximum atomic E-state index is 14.0. The van der Waals surface area contributed by atoms with Gasteiger partial charge in [-0.25, -0.2) is 4.39 Å². The number of aromatic hydroxyl groups is 2. The number of benzene rings is 3. The summed E-state index contributed by atoms with van der Waals surface area (Å²) in [6.45, 7) is 2.17. The molecule has 2 aliphatic heterocycles. The monoisotopic (exact) mass is 509 g/mol. The molecule has 0 saturated carbocycles. The molecule has 6 rings (SSSR count). The number of halogens is 1. The van der Waals surface area contributed by atoms with Gasteiger partial charge in [0.15, 0.2) is 0 Å². The number of hydrogen-bond donors (Lipinski definition) is 2. The third kappa shape index (κ3) is 3.21. The molecule has 0 radical (unpaired) electrons. The van der Waals surface area contributed by atoms with E-state index in [1.165, 1.54) is 16.7 Å². The zero-order valence-corrected chi connectivity index (χ0v) is 20.7. The summed E-state index contributed by atoms with van der Waals surface area (Å²) in [5.41, 5.74) is 0.517. The van der Waals surface area contributed by atoms with Gasteiger partial charge in [0.25, 0.3) is 0 Å². The molecule has 2 atom stereocenters. The molecule has 4 aromatic rings. The van der Waals surface area contributed by atoms with Gasteiger partial charge in [0.1, 0.15) is 23.2 Å². The predicted molar refractivity (Wildman–Crippen MR) is 137 cm³/mol. The number of rotatable bonds is 6. The fourth-order valence-corrected chi connectivity index (χ4v) is 6.18. The van der Waals surface area contributed by atoms with E-state index in [2.05, 4.69) is 6.07 Å². The Balaban J connectivity index is 1.41. The molecule has 7 nitrogen and oxygen atoms in total. The summed E-state index contributed by atoms with van der Waals surface area (Å²) in [6, 6.07) is 18.9. The highest BCUT2D eigenvalue weighted by atomic mass is 19.1. The Hall–Kier alpha value is -4.53. The molecule has 3 aromatic carbocycles. The van der Waals surface area contributed by atoms with Gasteiger partial charge < -0.3 is 19.7 Å². The molecule has 2 aliphatic rings. The highest BCUT2D eigenvalue weighted by Crippen LogP contribution is 2.66. The molecule has 1 saturated heterocycles. The molecule has 2 bridgehead atoms. The molecular weight excluding hydrogens is 485 g/mol. The van der Waals surface area contributed by atoms with E-state index in [1.807, 2.05) is 31.2 Å². The minimum absolute atomic E-state index is 0.0553. The van der Waals surface area contributed by atoms with E-state index in [1.54, 1.807) is 24.3 Å². The second kappa shape index (κ2) is 8.51. The summed E-state index contributed by atoms with van der Waals surface area (Å²) in [4.78, 5) is 0. The number of hydrogen-bond acceptors (Lipinski definition) is 6. The molecular formula is C30H24FN3O4. The second-order valence-electron chi connectivity index (χ2n) is 9.82. The second-order valence-corrected chi connectivity index (χ2v) is 9.82. The van der Waals surface area contributed by atoms with Crippen LogP contribution in [0.3, 0.4) is 0 Å². The first-order chi connectivity index (χ1) is 18.4. The van der Waals surface area contributed by atoms with E-state index in [4.69, 9.17) is 14.7 Å². The van der Waals surface area contributed by atoms with Crippen LogP contribution in [0.5, 0.6) is 17.5 Å². The fraction of sp³-hybridized carbons (Fsp3) is 0.267. The third-order valence-electron chi connectivity index (χ3n) is 8.02. The Morgan fingerprint density at radius 3 is 2.29 bits per heavy atom. The Morgan fingerprint density at radius 1 is 0.947 bits per heavy atom. The van der Waals surface area contributed by atoms with Gasteiger partial charge in [0.2, 0.25) is 11.8 Å². The lowest BCUT2D eigenvalue weighted by atomic mass is 9.76. The highest BCUT2D eigenvalue weighted by Gasteiger charge is 2.62. The molecule has 2 N–H and O–H groups in total. The van der Waals surface area contributed by atoms with E-state index < -0.39 is 17.0 Å². The van der Waals surface area contributed by atoms with Crippen molar-refractivity contribution in [3.05, 3.63) is 82.7 Å². The van der Waals surface area contributed by atoms with E-state index in [9.17, 15) is 19.9 Å². The van der Waals surface area contributed by atoms with Gasteiger partial charge in [-0.05, 0) is 43.5 Å². The molecule has 190 valence electrons. The van der Waals surface area contributed by atoms with Gasteiger partial charge in [-0.1, -0.05) is 31.2 Å². The van der Waals surface area contributed by atoms with Crippen molar-refractivity contribution in [2.24, 2.45) is 0 Å². The van der Waals surface area contributed by atoms with Gasteiger partial charge in [0, 0.05) is 23.3 Å². The molecule has 0 spiro atoms. The molecule has 1 aromatic heterocycles. The van der Waals surface area contributed by atoms with E-state index in [0.29, 0.717) is 53.8 Å². The molecule has 0 unspecified atom stereocenters. The fourth-order valence-electron chi connectivity index (χ4n) is 6.18. The average Bonchev–Trinajstić information content (AvgIpc) is 3.54. The van der Waals surface area contributed by atoms with Crippen molar-refractivity contribution in [3.63, 3.8) is 0 Å². The van der Waals surface area contributed by atoms with Gasteiger partial charge >= 0.3 is 0 Å². The van der Waals surface area contributed by atoms with Crippen LogP contribution in [-0.2, 0) is 15.9 Å². The number of nitriles is 2. The first-order valence-electron chi connectivity index (χ1n) is 12.5. The Morgan fingerprint density at radius 2 is 1.61 bits per heavy atom. The predicted octanol–water partition coefficient (Wildman–Crippen LogP) is 6.02. The molecule has 1 fully saturated rings. The number of nitrogens with zero attached hydrogens (tertiary/aromatic N) is 3. The van der Waals surface area contributed by atoms with Crippen LogP contribution in [0.4, 0.5) is 4.39 Å². The van der Waals surface area contributed by atoms with Crippen LogP contribution < -0.4 is 4.74 Å².